The number of piperidine rings is 1. The largest absolute Gasteiger partial charge is 0.355 e. The first kappa shape index (κ1) is 18.6. The zero-order valence-corrected chi connectivity index (χ0v) is 15.5. The van der Waals surface area contributed by atoms with E-state index in [1.54, 1.807) is 24.3 Å². The quantitative estimate of drug-likeness (QED) is 0.788. The number of amides is 3. The van der Waals surface area contributed by atoms with Gasteiger partial charge in [-0.1, -0.05) is 26.0 Å². The highest BCUT2D eigenvalue weighted by molar-refractivity contribution is 6.21. The number of benzene rings is 1. The van der Waals surface area contributed by atoms with Gasteiger partial charge >= 0.3 is 0 Å². The molecule has 0 bridgehead atoms. The maximum atomic E-state index is 12.3. The molecule has 0 radical (unpaired) electrons. The van der Waals surface area contributed by atoms with Crippen molar-refractivity contribution in [2.45, 2.75) is 26.7 Å². The van der Waals surface area contributed by atoms with Crippen LogP contribution in [0.5, 0.6) is 0 Å². The second-order valence-corrected chi connectivity index (χ2v) is 7.61. The summed E-state index contributed by atoms with van der Waals surface area (Å²) in [6.45, 7) is 8.25. The van der Waals surface area contributed by atoms with E-state index in [1.807, 2.05) is 0 Å². The molecular formula is C20H27N3O3. The maximum Gasteiger partial charge on any atom is 0.261 e. The Labute approximate surface area is 154 Å². The molecule has 1 N–H and O–H groups in total. The Kier molecular flexibility index (Phi) is 5.71. The van der Waals surface area contributed by atoms with Crippen LogP contribution in [0.2, 0.25) is 0 Å². The lowest BCUT2D eigenvalue weighted by molar-refractivity contribution is -0.121. The standard InChI is InChI=1S/C20H27N3O3/c1-14-11-15(2)13-22(12-14)10-8-21-18(24)7-9-23-19(25)16-5-3-4-6-17(16)20(23)26/h3-6,14-15H,7-13H2,1-2H3,(H,21,24). The van der Waals surface area contributed by atoms with Crippen molar-refractivity contribution in [1.82, 2.24) is 15.1 Å². The summed E-state index contributed by atoms with van der Waals surface area (Å²) in [5.74, 6) is 0.649. The number of hydrogen-bond acceptors (Lipinski definition) is 4. The van der Waals surface area contributed by atoms with Crippen LogP contribution in [0.3, 0.4) is 0 Å². The molecule has 0 spiro atoms. The smallest absolute Gasteiger partial charge is 0.261 e. The van der Waals surface area contributed by atoms with Gasteiger partial charge in [0.1, 0.15) is 0 Å². The number of hydrogen-bond donors (Lipinski definition) is 1. The van der Waals surface area contributed by atoms with Gasteiger partial charge in [-0.15, -0.1) is 0 Å². The third kappa shape index (κ3) is 4.12. The van der Waals surface area contributed by atoms with E-state index in [9.17, 15) is 14.4 Å². The molecule has 6 heteroatoms. The third-order valence-corrected chi connectivity index (χ3v) is 5.14. The normalized spacial score (nSPS) is 23.2. The molecule has 0 aromatic heterocycles. The van der Waals surface area contributed by atoms with Crippen LogP contribution in [-0.2, 0) is 4.79 Å². The van der Waals surface area contributed by atoms with Crippen molar-refractivity contribution >= 4 is 17.7 Å². The molecule has 2 aliphatic rings. The fourth-order valence-corrected chi connectivity index (χ4v) is 4.07. The Hall–Kier alpha value is -2.21. The van der Waals surface area contributed by atoms with E-state index >= 15 is 0 Å². The van der Waals surface area contributed by atoms with Crippen LogP contribution in [0.1, 0.15) is 47.4 Å². The molecule has 0 aliphatic carbocycles. The van der Waals surface area contributed by atoms with Crippen LogP contribution in [0.15, 0.2) is 24.3 Å². The van der Waals surface area contributed by atoms with Crippen molar-refractivity contribution in [1.29, 1.82) is 0 Å². The maximum absolute atomic E-state index is 12.3. The number of likely N-dealkylation sites (tertiary alicyclic amines) is 1. The van der Waals surface area contributed by atoms with E-state index < -0.39 is 0 Å². The minimum Gasteiger partial charge on any atom is -0.355 e. The average Bonchev–Trinajstić information content (AvgIpc) is 2.84. The van der Waals surface area contributed by atoms with Crippen molar-refractivity contribution in [2.75, 3.05) is 32.7 Å². The van der Waals surface area contributed by atoms with Gasteiger partial charge in [0.15, 0.2) is 0 Å². The average molecular weight is 357 g/mol. The zero-order valence-electron chi connectivity index (χ0n) is 15.5. The number of fused-ring (bicyclic) bond motifs is 1. The lowest BCUT2D eigenvalue weighted by Gasteiger charge is -2.34. The Morgan fingerprint density at radius 2 is 1.62 bits per heavy atom. The fraction of sp³-hybridized carbons (Fsp3) is 0.550. The molecule has 1 saturated heterocycles. The van der Waals surface area contributed by atoms with Crippen LogP contribution >= 0.6 is 0 Å². The fourth-order valence-electron chi connectivity index (χ4n) is 4.07. The molecular weight excluding hydrogens is 330 g/mol. The molecule has 3 rings (SSSR count). The Morgan fingerprint density at radius 1 is 1.04 bits per heavy atom. The van der Waals surface area contributed by atoms with Gasteiger partial charge < -0.3 is 10.2 Å². The van der Waals surface area contributed by atoms with Crippen LogP contribution < -0.4 is 5.32 Å². The lowest BCUT2D eigenvalue weighted by atomic mass is 9.92. The predicted octanol–water partition coefficient (Wildman–Crippen LogP) is 1.77. The zero-order chi connectivity index (χ0) is 18.7. The molecule has 26 heavy (non-hydrogen) atoms. The summed E-state index contributed by atoms with van der Waals surface area (Å²) >= 11 is 0. The van der Waals surface area contributed by atoms with Gasteiger partial charge in [0.2, 0.25) is 5.91 Å². The molecule has 0 saturated carbocycles. The highest BCUT2D eigenvalue weighted by Gasteiger charge is 2.34. The lowest BCUT2D eigenvalue weighted by Crippen LogP contribution is -2.43. The van der Waals surface area contributed by atoms with Crippen molar-refractivity contribution in [3.05, 3.63) is 35.4 Å². The minimum atomic E-state index is -0.310. The van der Waals surface area contributed by atoms with E-state index in [4.69, 9.17) is 0 Å². The van der Waals surface area contributed by atoms with Gasteiger partial charge in [-0.3, -0.25) is 19.3 Å². The van der Waals surface area contributed by atoms with E-state index in [1.165, 1.54) is 6.42 Å². The summed E-state index contributed by atoms with van der Waals surface area (Å²) in [4.78, 5) is 40.2. The highest BCUT2D eigenvalue weighted by Crippen LogP contribution is 2.22. The molecule has 2 aliphatic heterocycles. The van der Waals surface area contributed by atoms with Gasteiger partial charge in [0, 0.05) is 39.1 Å². The highest BCUT2D eigenvalue weighted by atomic mass is 16.2. The summed E-state index contributed by atoms with van der Waals surface area (Å²) in [7, 11) is 0. The van der Waals surface area contributed by atoms with Crippen molar-refractivity contribution in [2.24, 2.45) is 11.8 Å². The molecule has 1 fully saturated rings. The van der Waals surface area contributed by atoms with Crippen LogP contribution in [0.4, 0.5) is 0 Å². The van der Waals surface area contributed by atoms with E-state index in [0.717, 1.165) is 24.5 Å². The monoisotopic (exact) mass is 357 g/mol. The molecule has 3 amide bonds. The molecule has 6 nitrogen and oxygen atoms in total. The number of nitrogens with zero attached hydrogens (tertiary/aromatic N) is 2. The van der Waals surface area contributed by atoms with Gasteiger partial charge in [-0.05, 0) is 30.4 Å². The molecule has 140 valence electrons. The van der Waals surface area contributed by atoms with E-state index in [0.29, 0.717) is 29.5 Å². The number of carbonyl (C=O) groups is 3. The van der Waals surface area contributed by atoms with Crippen molar-refractivity contribution in [3.63, 3.8) is 0 Å². The Morgan fingerprint density at radius 3 is 2.19 bits per heavy atom. The van der Waals surface area contributed by atoms with Gasteiger partial charge in [-0.25, -0.2) is 0 Å². The van der Waals surface area contributed by atoms with E-state index in [-0.39, 0.29) is 30.7 Å². The van der Waals surface area contributed by atoms with Crippen LogP contribution in [0.25, 0.3) is 0 Å². The van der Waals surface area contributed by atoms with Crippen molar-refractivity contribution in [3.8, 4) is 0 Å². The topological polar surface area (TPSA) is 69.7 Å². The third-order valence-electron chi connectivity index (χ3n) is 5.14. The molecule has 2 heterocycles. The SMILES string of the molecule is CC1CC(C)CN(CCNC(=O)CCN2C(=O)c3ccccc3C2=O)C1. The van der Waals surface area contributed by atoms with E-state index in [2.05, 4.69) is 24.1 Å². The summed E-state index contributed by atoms with van der Waals surface area (Å²) in [6.07, 6.45) is 1.40. The number of rotatable bonds is 6. The van der Waals surface area contributed by atoms with Gasteiger partial charge in [0.05, 0.1) is 11.1 Å². The summed E-state index contributed by atoms with van der Waals surface area (Å²) in [5.41, 5.74) is 0.845. The first-order chi connectivity index (χ1) is 12.5. The first-order valence-electron chi connectivity index (χ1n) is 9.40. The Bertz CT molecular complexity index is 658. The number of imide groups is 1. The van der Waals surface area contributed by atoms with Crippen LogP contribution in [-0.4, -0.2) is 60.2 Å². The number of nitrogens with one attached hydrogen (secondary N) is 1. The number of carbonyl (C=O) groups excluding carboxylic acids is 3. The second kappa shape index (κ2) is 7.99. The molecule has 2 unspecified atom stereocenters. The van der Waals surface area contributed by atoms with Gasteiger partial charge in [-0.2, -0.15) is 0 Å². The molecule has 1 aromatic carbocycles. The Balaban J connectivity index is 1.41. The minimum absolute atomic E-state index is 0.121. The molecule has 2 atom stereocenters. The summed E-state index contributed by atoms with van der Waals surface area (Å²) < 4.78 is 0. The predicted molar refractivity (Wildman–Crippen MR) is 98.8 cm³/mol. The molecule has 1 aromatic rings. The van der Waals surface area contributed by atoms with Gasteiger partial charge in [0.25, 0.3) is 11.8 Å². The first-order valence-corrected chi connectivity index (χ1v) is 9.40. The van der Waals surface area contributed by atoms with Crippen LogP contribution in [0, 0.1) is 11.8 Å². The summed E-state index contributed by atoms with van der Waals surface area (Å²) in [6, 6.07) is 6.78. The summed E-state index contributed by atoms with van der Waals surface area (Å²) in [5, 5.41) is 2.90. The second-order valence-electron chi connectivity index (χ2n) is 7.61. The van der Waals surface area contributed by atoms with Crippen molar-refractivity contribution < 1.29 is 14.4 Å².